The molecule has 0 bridgehead atoms. The Hall–Kier alpha value is -1.27. The Labute approximate surface area is 75.9 Å². The maximum absolute atomic E-state index is 8.44. The summed E-state index contributed by atoms with van der Waals surface area (Å²) in [6, 6.07) is 2.05. The van der Waals surface area contributed by atoms with E-state index >= 15 is 0 Å². The SMILES string of the molecule is N#CCc1nccn1C/C=C/Cl. The summed E-state index contributed by atoms with van der Waals surface area (Å²) in [7, 11) is 0. The van der Waals surface area contributed by atoms with Gasteiger partial charge in [0.25, 0.3) is 0 Å². The third-order valence-corrected chi connectivity index (χ3v) is 1.61. The van der Waals surface area contributed by atoms with Gasteiger partial charge in [0.2, 0.25) is 0 Å². The molecule has 0 radical (unpaired) electrons. The van der Waals surface area contributed by atoms with E-state index in [-0.39, 0.29) is 0 Å². The van der Waals surface area contributed by atoms with Crippen LogP contribution < -0.4 is 0 Å². The van der Waals surface area contributed by atoms with Crippen molar-refractivity contribution in [2.45, 2.75) is 13.0 Å². The van der Waals surface area contributed by atoms with Crippen LogP contribution in [-0.4, -0.2) is 9.55 Å². The molecule has 3 nitrogen and oxygen atoms in total. The van der Waals surface area contributed by atoms with E-state index in [2.05, 4.69) is 4.98 Å². The summed E-state index contributed by atoms with van der Waals surface area (Å²) in [5.74, 6) is 0.771. The molecule has 1 rings (SSSR count). The molecule has 12 heavy (non-hydrogen) atoms. The van der Waals surface area contributed by atoms with Gasteiger partial charge in [-0.3, -0.25) is 0 Å². The molecule has 0 N–H and O–H groups in total. The van der Waals surface area contributed by atoms with Gasteiger partial charge in [0.1, 0.15) is 5.82 Å². The monoisotopic (exact) mass is 181 g/mol. The Morgan fingerprint density at radius 2 is 2.58 bits per heavy atom. The molecule has 0 saturated heterocycles. The summed E-state index contributed by atoms with van der Waals surface area (Å²) in [6.07, 6.45) is 5.63. The van der Waals surface area contributed by atoms with Crippen LogP contribution in [0.2, 0.25) is 0 Å². The number of nitriles is 1. The van der Waals surface area contributed by atoms with Crippen molar-refractivity contribution in [3.05, 3.63) is 29.8 Å². The molecule has 0 fully saturated rings. The first-order valence-electron chi connectivity index (χ1n) is 3.50. The quantitative estimate of drug-likeness (QED) is 0.712. The molecule has 0 spiro atoms. The lowest BCUT2D eigenvalue weighted by atomic mass is 10.4. The molecule has 0 aliphatic carbocycles. The van der Waals surface area contributed by atoms with Crippen molar-refractivity contribution in [3.63, 3.8) is 0 Å². The first-order valence-corrected chi connectivity index (χ1v) is 3.94. The van der Waals surface area contributed by atoms with Gasteiger partial charge in [-0.05, 0) is 0 Å². The largest absolute Gasteiger partial charge is 0.330 e. The third-order valence-electron chi connectivity index (χ3n) is 1.43. The number of rotatable bonds is 3. The molecule has 4 heteroatoms. The van der Waals surface area contributed by atoms with Crippen molar-refractivity contribution in [2.75, 3.05) is 0 Å². The Morgan fingerprint density at radius 3 is 3.25 bits per heavy atom. The first kappa shape index (κ1) is 8.82. The molecular weight excluding hydrogens is 174 g/mol. The maximum atomic E-state index is 8.44. The molecule has 0 unspecified atom stereocenters. The zero-order valence-electron chi connectivity index (χ0n) is 6.44. The van der Waals surface area contributed by atoms with E-state index in [1.165, 1.54) is 5.54 Å². The normalized spacial score (nSPS) is 10.3. The summed E-state index contributed by atoms with van der Waals surface area (Å²) in [5, 5.41) is 8.44. The van der Waals surface area contributed by atoms with Crippen LogP contribution in [0.3, 0.4) is 0 Å². The number of halogens is 1. The highest BCUT2D eigenvalue weighted by Gasteiger charge is 1.98. The smallest absolute Gasteiger partial charge is 0.123 e. The summed E-state index contributed by atoms with van der Waals surface area (Å²) >= 11 is 5.37. The highest BCUT2D eigenvalue weighted by atomic mass is 35.5. The minimum atomic E-state index is 0.336. The molecule has 0 aliphatic rings. The Kier molecular flexibility index (Phi) is 3.36. The number of nitrogens with zero attached hydrogens (tertiary/aromatic N) is 3. The molecule has 0 saturated carbocycles. The summed E-state index contributed by atoms with van der Waals surface area (Å²) in [4.78, 5) is 4.02. The van der Waals surface area contributed by atoms with Crippen molar-refractivity contribution in [3.8, 4) is 6.07 Å². The Balaban J connectivity index is 2.71. The van der Waals surface area contributed by atoms with Crippen molar-refractivity contribution in [1.29, 1.82) is 5.26 Å². The molecule has 0 aliphatic heterocycles. The van der Waals surface area contributed by atoms with Crippen LogP contribution in [0.5, 0.6) is 0 Å². The van der Waals surface area contributed by atoms with Gasteiger partial charge in [-0.2, -0.15) is 5.26 Å². The molecule has 0 amide bonds. The van der Waals surface area contributed by atoms with E-state index in [0.717, 1.165) is 5.82 Å². The van der Waals surface area contributed by atoms with E-state index in [1.54, 1.807) is 12.3 Å². The van der Waals surface area contributed by atoms with E-state index in [4.69, 9.17) is 16.9 Å². The lowest BCUT2D eigenvalue weighted by Crippen LogP contribution is -2.00. The minimum absolute atomic E-state index is 0.336. The molecule has 0 atom stereocenters. The van der Waals surface area contributed by atoms with Gasteiger partial charge in [-0.1, -0.05) is 17.7 Å². The van der Waals surface area contributed by atoms with Crippen LogP contribution in [0, 0.1) is 11.3 Å². The Bertz CT molecular complexity index is 308. The number of hydrogen-bond acceptors (Lipinski definition) is 2. The lowest BCUT2D eigenvalue weighted by Gasteiger charge is -1.99. The molecular formula is C8H8ClN3. The van der Waals surface area contributed by atoms with Gasteiger partial charge < -0.3 is 4.57 Å². The fourth-order valence-corrected chi connectivity index (χ4v) is 0.977. The topological polar surface area (TPSA) is 41.6 Å². The second-order valence-electron chi connectivity index (χ2n) is 2.19. The van der Waals surface area contributed by atoms with Crippen LogP contribution in [-0.2, 0) is 13.0 Å². The van der Waals surface area contributed by atoms with Crippen molar-refractivity contribution < 1.29 is 0 Å². The van der Waals surface area contributed by atoms with E-state index in [1.807, 2.05) is 16.8 Å². The van der Waals surface area contributed by atoms with Crippen LogP contribution >= 0.6 is 11.6 Å². The second-order valence-corrected chi connectivity index (χ2v) is 2.44. The zero-order chi connectivity index (χ0) is 8.81. The number of allylic oxidation sites excluding steroid dienone is 1. The number of imidazole rings is 1. The molecule has 1 aromatic heterocycles. The maximum Gasteiger partial charge on any atom is 0.123 e. The molecule has 62 valence electrons. The fraction of sp³-hybridized carbons (Fsp3) is 0.250. The van der Waals surface area contributed by atoms with Gasteiger partial charge in [0.15, 0.2) is 0 Å². The number of hydrogen-bond donors (Lipinski definition) is 0. The Morgan fingerprint density at radius 1 is 1.75 bits per heavy atom. The third kappa shape index (κ3) is 2.11. The van der Waals surface area contributed by atoms with Crippen LogP contribution in [0.1, 0.15) is 5.82 Å². The molecule has 1 aromatic rings. The highest BCUT2D eigenvalue weighted by Crippen LogP contribution is 1.98. The van der Waals surface area contributed by atoms with Crippen molar-refractivity contribution >= 4 is 11.6 Å². The van der Waals surface area contributed by atoms with Crippen molar-refractivity contribution in [2.24, 2.45) is 0 Å². The standard InChI is InChI=1S/C8H8ClN3/c9-3-1-6-12-7-5-11-8(12)2-4-10/h1,3,5,7H,2,6H2/b3-1+. The van der Waals surface area contributed by atoms with E-state index < -0.39 is 0 Å². The highest BCUT2D eigenvalue weighted by molar-refractivity contribution is 6.25. The summed E-state index contributed by atoms with van der Waals surface area (Å²) < 4.78 is 1.88. The predicted molar refractivity (Wildman–Crippen MR) is 46.5 cm³/mol. The zero-order valence-corrected chi connectivity index (χ0v) is 7.20. The van der Waals surface area contributed by atoms with Crippen molar-refractivity contribution in [1.82, 2.24) is 9.55 Å². The van der Waals surface area contributed by atoms with Gasteiger partial charge in [0.05, 0.1) is 12.5 Å². The average molecular weight is 182 g/mol. The predicted octanol–water partition coefficient (Wildman–Crippen LogP) is 1.70. The molecule has 1 heterocycles. The van der Waals surface area contributed by atoms with Gasteiger partial charge in [0, 0.05) is 24.5 Å². The first-order chi connectivity index (χ1) is 5.88. The van der Waals surface area contributed by atoms with Gasteiger partial charge >= 0.3 is 0 Å². The van der Waals surface area contributed by atoms with Gasteiger partial charge in [-0.25, -0.2) is 4.98 Å². The van der Waals surface area contributed by atoms with Crippen LogP contribution in [0.15, 0.2) is 24.0 Å². The summed E-state index contributed by atoms with van der Waals surface area (Å²) in [5.41, 5.74) is 1.45. The second kappa shape index (κ2) is 4.58. The fourth-order valence-electron chi connectivity index (χ4n) is 0.898. The lowest BCUT2D eigenvalue weighted by molar-refractivity contribution is 0.765. The summed E-state index contributed by atoms with van der Waals surface area (Å²) in [6.45, 7) is 0.667. The minimum Gasteiger partial charge on any atom is -0.330 e. The van der Waals surface area contributed by atoms with E-state index in [0.29, 0.717) is 13.0 Å². The average Bonchev–Trinajstić information content (AvgIpc) is 2.50. The molecule has 0 aromatic carbocycles. The van der Waals surface area contributed by atoms with Crippen LogP contribution in [0.4, 0.5) is 0 Å². The van der Waals surface area contributed by atoms with E-state index in [9.17, 15) is 0 Å². The van der Waals surface area contributed by atoms with Crippen LogP contribution in [0.25, 0.3) is 0 Å². The van der Waals surface area contributed by atoms with Gasteiger partial charge in [-0.15, -0.1) is 0 Å². The number of aromatic nitrogens is 2.